The Kier molecular flexibility index (Phi) is 9.55. The lowest BCUT2D eigenvalue weighted by Crippen LogP contribution is -2.50. The van der Waals surface area contributed by atoms with Gasteiger partial charge in [-0.1, -0.05) is 42.5 Å². The maximum atomic E-state index is 13.6. The van der Waals surface area contributed by atoms with Gasteiger partial charge in [0.05, 0.1) is 11.5 Å². The fourth-order valence-corrected chi connectivity index (χ4v) is 7.49. The number of benzene rings is 3. The molecular formula is C40H41N5O6. The van der Waals surface area contributed by atoms with Gasteiger partial charge in [-0.15, -0.1) is 5.06 Å². The molecule has 1 aromatic heterocycles. The highest BCUT2D eigenvalue weighted by atomic mass is 16.7. The Morgan fingerprint density at radius 3 is 2.24 bits per heavy atom. The van der Waals surface area contributed by atoms with E-state index in [1.165, 1.54) is 22.1 Å². The average Bonchev–Trinajstić information content (AvgIpc) is 3.72. The summed E-state index contributed by atoms with van der Waals surface area (Å²) in [5.41, 5.74) is 7.26. The third-order valence-corrected chi connectivity index (χ3v) is 10.2. The van der Waals surface area contributed by atoms with Crippen LogP contribution in [0.1, 0.15) is 65.0 Å². The normalized spacial score (nSPS) is 18.4. The molecule has 3 aromatic carbocycles. The zero-order chi connectivity index (χ0) is 35.6. The summed E-state index contributed by atoms with van der Waals surface area (Å²) in [6.07, 6.45) is 6.00. The van der Waals surface area contributed by atoms with Crippen LogP contribution in [0.15, 0.2) is 79.0 Å². The predicted octanol–water partition coefficient (Wildman–Crippen LogP) is 4.98. The molecule has 7 rings (SSSR count). The number of amides is 4. The van der Waals surface area contributed by atoms with Crippen molar-refractivity contribution in [2.24, 2.45) is 5.92 Å². The van der Waals surface area contributed by atoms with Crippen LogP contribution < -0.4 is 5.32 Å². The highest BCUT2D eigenvalue weighted by Crippen LogP contribution is 2.41. The molecule has 4 amide bonds. The molecule has 2 atom stereocenters. The van der Waals surface area contributed by atoms with E-state index in [4.69, 9.17) is 4.84 Å². The standard InChI is InChI=1S/C40H41N5O6/c1-3-43(4-2)39(49)30-21-32-31-7-5-8-33-37(31)29(23-42-33)22-34(32)44(24-30)20-6-19-41-38(48)27-13-9-25(10-14-27)26-11-15-28(16-12-26)40(50)51-45-35(46)17-18-36(45)47/h5,7-16,21,23,30,34,42H,3-4,6,17-20,22,24H2,1-2H3,(H,41,48)/t30-,34-/m1/s1. The molecule has 2 aliphatic heterocycles. The van der Waals surface area contributed by atoms with Gasteiger partial charge in [0.1, 0.15) is 0 Å². The van der Waals surface area contributed by atoms with Crippen LogP contribution >= 0.6 is 0 Å². The van der Waals surface area contributed by atoms with Gasteiger partial charge >= 0.3 is 5.97 Å². The van der Waals surface area contributed by atoms with Crippen molar-refractivity contribution in [2.75, 3.05) is 32.7 Å². The van der Waals surface area contributed by atoms with E-state index in [9.17, 15) is 24.0 Å². The number of aromatic amines is 1. The van der Waals surface area contributed by atoms with Crippen LogP contribution in [0.3, 0.4) is 0 Å². The first-order valence-corrected chi connectivity index (χ1v) is 17.7. The van der Waals surface area contributed by atoms with Gasteiger partial charge in [-0.3, -0.25) is 24.1 Å². The van der Waals surface area contributed by atoms with E-state index >= 15 is 0 Å². The third-order valence-electron chi connectivity index (χ3n) is 10.2. The molecule has 1 fully saturated rings. The largest absolute Gasteiger partial charge is 0.363 e. The summed E-state index contributed by atoms with van der Waals surface area (Å²) in [6.45, 7) is 7.28. The fourth-order valence-electron chi connectivity index (χ4n) is 7.49. The predicted molar refractivity (Wildman–Crippen MR) is 192 cm³/mol. The number of aromatic nitrogens is 1. The zero-order valence-corrected chi connectivity index (χ0v) is 28.8. The van der Waals surface area contributed by atoms with E-state index in [0.717, 1.165) is 36.0 Å². The van der Waals surface area contributed by atoms with E-state index in [-0.39, 0.29) is 42.2 Å². The highest BCUT2D eigenvalue weighted by molar-refractivity contribution is 6.03. The molecule has 3 aliphatic rings. The summed E-state index contributed by atoms with van der Waals surface area (Å²) in [6, 6.07) is 20.3. The number of nitrogens with zero attached hydrogens (tertiary/aromatic N) is 3. The molecule has 1 saturated heterocycles. The van der Waals surface area contributed by atoms with Gasteiger partial charge in [0, 0.05) is 74.3 Å². The third kappa shape index (κ3) is 6.69. The molecule has 4 aromatic rings. The second kappa shape index (κ2) is 14.4. The summed E-state index contributed by atoms with van der Waals surface area (Å²) in [5.74, 6) is -2.08. The lowest BCUT2D eigenvalue weighted by molar-refractivity contribution is -0.172. The van der Waals surface area contributed by atoms with Crippen molar-refractivity contribution in [1.82, 2.24) is 25.2 Å². The number of H-pyrrole nitrogens is 1. The summed E-state index contributed by atoms with van der Waals surface area (Å²) >= 11 is 0. The van der Waals surface area contributed by atoms with Crippen LogP contribution in [-0.4, -0.2) is 88.2 Å². The molecule has 11 nitrogen and oxygen atoms in total. The minimum absolute atomic E-state index is 0.0328. The number of carbonyl (C=O) groups excluding carboxylic acids is 5. The Bertz CT molecular complexity index is 2010. The minimum Gasteiger partial charge on any atom is -0.361 e. The van der Waals surface area contributed by atoms with E-state index in [2.05, 4.69) is 45.7 Å². The van der Waals surface area contributed by atoms with Crippen LogP contribution in [-0.2, 0) is 25.6 Å². The molecule has 0 saturated carbocycles. The number of hydrogen-bond donors (Lipinski definition) is 2. The minimum atomic E-state index is -0.784. The summed E-state index contributed by atoms with van der Waals surface area (Å²) in [7, 11) is 0. The van der Waals surface area contributed by atoms with Crippen molar-refractivity contribution in [3.8, 4) is 11.1 Å². The number of hydroxylamine groups is 2. The van der Waals surface area contributed by atoms with Crippen molar-refractivity contribution in [2.45, 2.75) is 45.6 Å². The number of nitrogens with one attached hydrogen (secondary N) is 2. The van der Waals surface area contributed by atoms with Crippen LogP contribution in [0.4, 0.5) is 0 Å². The first-order chi connectivity index (χ1) is 24.7. The van der Waals surface area contributed by atoms with Crippen LogP contribution in [0.2, 0.25) is 0 Å². The number of hydrogen-bond acceptors (Lipinski definition) is 7. The smallest absolute Gasteiger partial charge is 0.361 e. The number of fused-ring (bicyclic) bond motifs is 2. The maximum Gasteiger partial charge on any atom is 0.363 e. The van der Waals surface area contributed by atoms with E-state index in [1.807, 2.05) is 30.9 Å². The Morgan fingerprint density at radius 2 is 1.57 bits per heavy atom. The zero-order valence-electron chi connectivity index (χ0n) is 28.8. The quantitative estimate of drug-likeness (QED) is 0.168. The molecule has 0 bridgehead atoms. The SMILES string of the molecule is CCN(CC)C(=O)[C@@H]1C=C2c3cccc4[nH]cc(c34)C[C@H]2N(CCCNC(=O)c2ccc(-c3ccc(C(=O)ON4C(=O)CCC4=O)cc3)cc2)C1. The van der Waals surface area contributed by atoms with Crippen molar-refractivity contribution in [1.29, 1.82) is 0 Å². The Morgan fingerprint density at radius 1 is 0.902 bits per heavy atom. The van der Waals surface area contributed by atoms with E-state index in [1.54, 1.807) is 36.4 Å². The number of carbonyl (C=O) groups is 5. The van der Waals surface area contributed by atoms with E-state index < -0.39 is 17.8 Å². The van der Waals surface area contributed by atoms with Crippen LogP contribution in [0.5, 0.6) is 0 Å². The summed E-state index contributed by atoms with van der Waals surface area (Å²) in [5, 5.41) is 4.84. The first-order valence-electron chi connectivity index (χ1n) is 17.7. The molecule has 0 spiro atoms. The van der Waals surface area contributed by atoms with Gasteiger partial charge in [0.15, 0.2) is 0 Å². The maximum absolute atomic E-state index is 13.6. The van der Waals surface area contributed by atoms with Gasteiger partial charge < -0.3 is 20.0 Å². The number of rotatable bonds is 11. The van der Waals surface area contributed by atoms with Gasteiger partial charge in [-0.05, 0) is 84.8 Å². The highest BCUT2D eigenvalue weighted by Gasteiger charge is 2.38. The Hall–Kier alpha value is -5.55. The molecule has 0 unspecified atom stereocenters. The molecule has 51 heavy (non-hydrogen) atoms. The average molecular weight is 688 g/mol. The van der Waals surface area contributed by atoms with Crippen LogP contribution in [0.25, 0.3) is 27.6 Å². The summed E-state index contributed by atoms with van der Waals surface area (Å²) < 4.78 is 0. The van der Waals surface area contributed by atoms with Gasteiger partial charge in [0.2, 0.25) is 5.91 Å². The second-order valence-corrected chi connectivity index (χ2v) is 13.2. The first kappa shape index (κ1) is 33.9. The van der Waals surface area contributed by atoms with Gasteiger partial charge in [0.25, 0.3) is 17.7 Å². The van der Waals surface area contributed by atoms with Crippen molar-refractivity contribution in [3.05, 3.63) is 101 Å². The van der Waals surface area contributed by atoms with Crippen molar-refractivity contribution >= 4 is 46.1 Å². The molecule has 0 radical (unpaired) electrons. The van der Waals surface area contributed by atoms with E-state index in [0.29, 0.717) is 36.8 Å². The Labute approximate surface area is 296 Å². The molecule has 11 heteroatoms. The molecular weight excluding hydrogens is 646 g/mol. The number of imide groups is 1. The lowest BCUT2D eigenvalue weighted by atomic mass is 9.79. The monoisotopic (exact) mass is 687 g/mol. The van der Waals surface area contributed by atoms with Crippen molar-refractivity contribution < 1.29 is 28.8 Å². The topological polar surface area (TPSA) is 132 Å². The second-order valence-electron chi connectivity index (χ2n) is 13.2. The van der Waals surface area contributed by atoms with Crippen LogP contribution in [0, 0.1) is 5.92 Å². The van der Waals surface area contributed by atoms with Crippen molar-refractivity contribution in [3.63, 3.8) is 0 Å². The summed E-state index contributed by atoms with van der Waals surface area (Å²) in [4.78, 5) is 75.4. The molecule has 3 heterocycles. The van der Waals surface area contributed by atoms with Gasteiger partial charge in [-0.2, -0.15) is 0 Å². The Balaban J connectivity index is 0.959. The molecule has 262 valence electrons. The molecule has 2 N–H and O–H groups in total. The molecule has 1 aliphatic carbocycles. The fraction of sp³-hybridized carbons (Fsp3) is 0.325. The van der Waals surface area contributed by atoms with Gasteiger partial charge in [-0.25, -0.2) is 4.79 Å². The lowest BCUT2D eigenvalue weighted by Gasteiger charge is -2.42.